The number of aliphatic imine (C=N–C) groups is 1. The number of piperazine rings is 1. The number of rotatable bonds is 10. The van der Waals surface area contributed by atoms with Crippen LogP contribution in [0, 0.1) is 11.3 Å². The molecule has 1 aliphatic heterocycles. The van der Waals surface area contributed by atoms with Crippen LogP contribution in [0.25, 0.3) is 0 Å². The van der Waals surface area contributed by atoms with Gasteiger partial charge in [-0.15, -0.1) is 0 Å². The Morgan fingerprint density at radius 1 is 1.14 bits per heavy atom. The Hall–Kier alpha value is -1.34. The molecule has 0 atom stereocenters. The maximum atomic E-state index is 12.4. The molecule has 1 heterocycles. The topological polar surface area (TPSA) is 69.2 Å². The molecule has 0 aromatic carbocycles. The molecule has 0 aromatic rings. The number of amides is 1. The molecule has 2 aliphatic carbocycles. The summed E-state index contributed by atoms with van der Waals surface area (Å²) in [6, 6.07) is 0. The smallest absolute Gasteiger partial charge is 0.225 e. The zero-order valence-electron chi connectivity index (χ0n) is 18.5. The SMILES string of the molecule is CCNC(=NCC1(CCOC)CCC1)NCCN1CCN(C(=O)C2CCC2)CC1. The van der Waals surface area contributed by atoms with Crippen molar-refractivity contribution < 1.29 is 9.53 Å². The van der Waals surface area contributed by atoms with Crippen LogP contribution in [0.3, 0.4) is 0 Å². The first-order valence-corrected chi connectivity index (χ1v) is 11.7. The van der Waals surface area contributed by atoms with E-state index in [1.807, 2.05) is 0 Å². The molecule has 166 valence electrons. The van der Waals surface area contributed by atoms with E-state index in [1.54, 1.807) is 7.11 Å². The molecule has 0 spiro atoms. The van der Waals surface area contributed by atoms with Crippen molar-refractivity contribution >= 4 is 11.9 Å². The monoisotopic (exact) mass is 407 g/mol. The molecule has 0 radical (unpaired) electrons. The van der Waals surface area contributed by atoms with Crippen LogP contribution >= 0.6 is 0 Å². The van der Waals surface area contributed by atoms with Crippen molar-refractivity contribution in [3.63, 3.8) is 0 Å². The first kappa shape index (κ1) is 22.3. The number of nitrogens with zero attached hydrogens (tertiary/aromatic N) is 3. The third kappa shape index (κ3) is 6.32. The average Bonchev–Trinajstić information content (AvgIpc) is 2.66. The zero-order chi connectivity index (χ0) is 20.5. The van der Waals surface area contributed by atoms with Crippen LogP contribution < -0.4 is 10.6 Å². The molecule has 2 N–H and O–H groups in total. The predicted octanol–water partition coefficient (Wildman–Crippen LogP) is 1.69. The summed E-state index contributed by atoms with van der Waals surface area (Å²) in [5.74, 6) is 1.65. The van der Waals surface area contributed by atoms with Gasteiger partial charge in [-0.2, -0.15) is 0 Å². The quantitative estimate of drug-likeness (QED) is 0.426. The Labute approximate surface area is 176 Å². The van der Waals surface area contributed by atoms with E-state index in [0.29, 0.717) is 17.2 Å². The van der Waals surface area contributed by atoms with Crippen LogP contribution in [0.2, 0.25) is 0 Å². The number of hydrogen-bond acceptors (Lipinski definition) is 4. The minimum atomic E-state index is 0.324. The summed E-state index contributed by atoms with van der Waals surface area (Å²) in [5, 5.41) is 6.88. The summed E-state index contributed by atoms with van der Waals surface area (Å²) >= 11 is 0. The van der Waals surface area contributed by atoms with Gasteiger partial charge in [0.2, 0.25) is 5.91 Å². The third-order valence-electron chi connectivity index (χ3n) is 7.03. The number of nitrogens with one attached hydrogen (secondary N) is 2. The maximum Gasteiger partial charge on any atom is 0.225 e. The van der Waals surface area contributed by atoms with E-state index in [0.717, 1.165) is 84.2 Å². The van der Waals surface area contributed by atoms with Crippen molar-refractivity contribution in [1.29, 1.82) is 0 Å². The summed E-state index contributed by atoms with van der Waals surface area (Å²) in [6.45, 7) is 10.3. The molecular weight excluding hydrogens is 366 g/mol. The van der Waals surface area contributed by atoms with Gasteiger partial charge in [0.05, 0.1) is 0 Å². The normalized spacial score (nSPS) is 22.7. The molecule has 3 rings (SSSR count). The number of ether oxygens (including phenoxy) is 1. The lowest BCUT2D eigenvalue weighted by Crippen LogP contribution is -2.52. The molecule has 0 aromatic heterocycles. The third-order valence-corrected chi connectivity index (χ3v) is 7.03. The van der Waals surface area contributed by atoms with Gasteiger partial charge < -0.3 is 20.3 Å². The van der Waals surface area contributed by atoms with E-state index in [1.165, 1.54) is 25.7 Å². The fourth-order valence-corrected chi connectivity index (χ4v) is 4.51. The van der Waals surface area contributed by atoms with Gasteiger partial charge in [0, 0.05) is 72.0 Å². The van der Waals surface area contributed by atoms with E-state index in [-0.39, 0.29) is 0 Å². The molecule has 0 unspecified atom stereocenters. The second-order valence-electron chi connectivity index (χ2n) is 9.01. The van der Waals surface area contributed by atoms with E-state index >= 15 is 0 Å². The van der Waals surface area contributed by atoms with Gasteiger partial charge in [-0.3, -0.25) is 14.7 Å². The lowest BCUT2D eigenvalue weighted by atomic mass is 9.67. The van der Waals surface area contributed by atoms with Gasteiger partial charge in [0.15, 0.2) is 5.96 Å². The van der Waals surface area contributed by atoms with Gasteiger partial charge in [-0.05, 0) is 44.4 Å². The van der Waals surface area contributed by atoms with Crippen LogP contribution in [-0.2, 0) is 9.53 Å². The molecule has 7 nitrogen and oxygen atoms in total. The molecule has 0 bridgehead atoms. The Balaban J connectivity index is 1.36. The van der Waals surface area contributed by atoms with Gasteiger partial charge in [-0.25, -0.2) is 0 Å². The number of hydrogen-bond donors (Lipinski definition) is 2. The van der Waals surface area contributed by atoms with Crippen LogP contribution in [-0.4, -0.2) is 87.7 Å². The molecule has 3 fully saturated rings. The van der Waals surface area contributed by atoms with E-state index in [9.17, 15) is 4.79 Å². The lowest BCUT2D eigenvalue weighted by Gasteiger charge is -2.41. The lowest BCUT2D eigenvalue weighted by molar-refractivity contribution is -0.139. The number of methoxy groups -OCH3 is 1. The summed E-state index contributed by atoms with van der Waals surface area (Å²) < 4.78 is 5.29. The highest BCUT2D eigenvalue weighted by molar-refractivity contribution is 5.80. The fraction of sp³-hybridized carbons (Fsp3) is 0.909. The Morgan fingerprint density at radius 3 is 2.45 bits per heavy atom. The molecule has 3 aliphatic rings. The second-order valence-corrected chi connectivity index (χ2v) is 9.01. The second kappa shape index (κ2) is 11.2. The van der Waals surface area contributed by atoms with Crippen LogP contribution in [0.4, 0.5) is 0 Å². The van der Waals surface area contributed by atoms with Gasteiger partial charge >= 0.3 is 0 Å². The highest BCUT2D eigenvalue weighted by Gasteiger charge is 2.36. The van der Waals surface area contributed by atoms with Crippen molar-refractivity contribution in [2.24, 2.45) is 16.3 Å². The van der Waals surface area contributed by atoms with Crippen molar-refractivity contribution in [3.8, 4) is 0 Å². The Kier molecular flexibility index (Phi) is 8.60. The minimum Gasteiger partial charge on any atom is -0.385 e. The minimum absolute atomic E-state index is 0.324. The van der Waals surface area contributed by atoms with Crippen LogP contribution in [0.5, 0.6) is 0 Å². The zero-order valence-corrected chi connectivity index (χ0v) is 18.5. The highest BCUT2D eigenvalue weighted by Crippen LogP contribution is 2.44. The standard InChI is InChI=1S/C22H41N5O2/c1-3-23-21(25-18-22(8-5-9-22)10-17-29-2)24-11-12-26-13-15-27(16-14-26)20(28)19-6-4-7-19/h19H,3-18H2,1-2H3,(H2,23,24,25). The van der Waals surface area contributed by atoms with Crippen LogP contribution in [0.1, 0.15) is 51.9 Å². The molecule has 7 heteroatoms. The number of guanidine groups is 1. The molecule has 2 saturated carbocycles. The Morgan fingerprint density at radius 2 is 1.90 bits per heavy atom. The summed E-state index contributed by atoms with van der Waals surface area (Å²) in [6.07, 6.45) is 8.39. The molecule has 1 saturated heterocycles. The maximum absolute atomic E-state index is 12.4. The largest absolute Gasteiger partial charge is 0.385 e. The van der Waals surface area contributed by atoms with Crippen molar-refractivity contribution in [2.75, 3.05) is 66.1 Å². The Bertz CT molecular complexity index is 537. The van der Waals surface area contributed by atoms with Crippen LogP contribution in [0.15, 0.2) is 4.99 Å². The predicted molar refractivity (Wildman–Crippen MR) is 117 cm³/mol. The molecular formula is C22H41N5O2. The first-order valence-electron chi connectivity index (χ1n) is 11.7. The summed E-state index contributed by atoms with van der Waals surface area (Å²) in [7, 11) is 1.78. The average molecular weight is 408 g/mol. The molecule has 1 amide bonds. The molecule has 29 heavy (non-hydrogen) atoms. The first-order chi connectivity index (χ1) is 14.2. The van der Waals surface area contributed by atoms with E-state index in [4.69, 9.17) is 9.73 Å². The number of carbonyl (C=O) groups excluding carboxylic acids is 1. The highest BCUT2D eigenvalue weighted by atomic mass is 16.5. The summed E-state index contributed by atoms with van der Waals surface area (Å²) in [4.78, 5) is 21.8. The van der Waals surface area contributed by atoms with Gasteiger partial charge in [0.1, 0.15) is 0 Å². The van der Waals surface area contributed by atoms with Gasteiger partial charge in [-0.1, -0.05) is 12.8 Å². The van der Waals surface area contributed by atoms with Gasteiger partial charge in [0.25, 0.3) is 0 Å². The van der Waals surface area contributed by atoms with Crippen molar-refractivity contribution in [3.05, 3.63) is 0 Å². The van der Waals surface area contributed by atoms with Crippen molar-refractivity contribution in [1.82, 2.24) is 20.4 Å². The van der Waals surface area contributed by atoms with E-state index < -0.39 is 0 Å². The fourth-order valence-electron chi connectivity index (χ4n) is 4.51. The summed E-state index contributed by atoms with van der Waals surface area (Å²) in [5.41, 5.74) is 0.349. The van der Waals surface area contributed by atoms with Crippen molar-refractivity contribution in [2.45, 2.75) is 51.9 Å². The number of carbonyl (C=O) groups is 1. The van der Waals surface area contributed by atoms with E-state index in [2.05, 4.69) is 27.4 Å².